The smallest absolute Gasteiger partial charge is 0.243 e. The number of hydrogen-bond donors (Lipinski definition) is 1. The van der Waals surface area contributed by atoms with Crippen LogP contribution in [0.15, 0.2) is 46.0 Å². The minimum Gasteiger partial charge on any atom is -0.313 e. The van der Waals surface area contributed by atoms with Gasteiger partial charge >= 0.3 is 0 Å². The lowest BCUT2D eigenvalue weighted by atomic mass is 10.2. The predicted molar refractivity (Wildman–Crippen MR) is 86.8 cm³/mol. The summed E-state index contributed by atoms with van der Waals surface area (Å²) in [5, 5.41) is 7.10. The van der Waals surface area contributed by atoms with E-state index in [-0.39, 0.29) is 0 Å². The monoisotopic (exact) mass is 324 g/mol. The average molecular weight is 324 g/mol. The first kappa shape index (κ1) is 16.2. The molecule has 1 N–H and O–H groups in total. The third-order valence-corrected chi connectivity index (χ3v) is 5.85. The first-order valence-corrected chi connectivity index (χ1v) is 9.20. The van der Waals surface area contributed by atoms with E-state index in [2.05, 4.69) is 5.32 Å². The van der Waals surface area contributed by atoms with Crippen LogP contribution in [0.25, 0.3) is 0 Å². The molecule has 0 aliphatic carbocycles. The molecule has 1 aromatic carbocycles. The first-order chi connectivity index (χ1) is 10.1. The van der Waals surface area contributed by atoms with Gasteiger partial charge in [-0.25, -0.2) is 8.42 Å². The molecule has 0 amide bonds. The van der Waals surface area contributed by atoms with Crippen molar-refractivity contribution in [1.29, 1.82) is 0 Å². The maximum Gasteiger partial charge on any atom is 0.243 e. The van der Waals surface area contributed by atoms with E-state index in [0.29, 0.717) is 18.0 Å². The van der Waals surface area contributed by atoms with Gasteiger partial charge in [-0.15, -0.1) is 0 Å². The summed E-state index contributed by atoms with van der Waals surface area (Å²) in [4.78, 5) is 0.378. The van der Waals surface area contributed by atoms with Gasteiger partial charge < -0.3 is 5.32 Å². The van der Waals surface area contributed by atoms with Crippen LogP contribution < -0.4 is 5.32 Å². The van der Waals surface area contributed by atoms with Crippen molar-refractivity contribution >= 4 is 21.4 Å². The van der Waals surface area contributed by atoms with E-state index < -0.39 is 10.0 Å². The van der Waals surface area contributed by atoms with Crippen molar-refractivity contribution in [2.24, 2.45) is 0 Å². The van der Waals surface area contributed by atoms with Crippen molar-refractivity contribution in [3.63, 3.8) is 0 Å². The van der Waals surface area contributed by atoms with Crippen molar-refractivity contribution in [3.05, 3.63) is 52.2 Å². The minimum atomic E-state index is -3.48. The van der Waals surface area contributed by atoms with Gasteiger partial charge in [-0.3, -0.25) is 0 Å². The molecule has 2 aromatic rings. The fourth-order valence-electron chi connectivity index (χ4n) is 2.05. The standard InChI is InChI=1S/C15H20N2O2S2/c1-3-16-10-14-6-4-5-7-15(14)21(18,19)17(2)11-13-8-9-20-12-13/h4-9,12,16H,3,10-11H2,1-2H3. The third-order valence-electron chi connectivity index (χ3n) is 3.21. The molecule has 0 saturated carbocycles. The lowest BCUT2D eigenvalue weighted by molar-refractivity contribution is 0.466. The molecule has 0 atom stereocenters. The van der Waals surface area contributed by atoms with Gasteiger partial charge in [0.1, 0.15) is 0 Å². The van der Waals surface area contributed by atoms with Crippen LogP contribution in [0, 0.1) is 0 Å². The van der Waals surface area contributed by atoms with Gasteiger partial charge in [0.05, 0.1) is 4.90 Å². The van der Waals surface area contributed by atoms with Crippen LogP contribution in [0.1, 0.15) is 18.1 Å². The summed E-state index contributed by atoms with van der Waals surface area (Å²) in [5.41, 5.74) is 1.81. The maximum absolute atomic E-state index is 12.7. The normalized spacial score (nSPS) is 12.0. The topological polar surface area (TPSA) is 49.4 Å². The van der Waals surface area contributed by atoms with Crippen molar-refractivity contribution < 1.29 is 8.42 Å². The number of nitrogens with one attached hydrogen (secondary N) is 1. The zero-order chi connectivity index (χ0) is 15.3. The number of sulfonamides is 1. The fourth-order valence-corrected chi connectivity index (χ4v) is 4.09. The molecule has 2 rings (SSSR count). The van der Waals surface area contributed by atoms with Crippen LogP contribution >= 0.6 is 11.3 Å². The summed E-state index contributed by atoms with van der Waals surface area (Å²) in [6, 6.07) is 9.10. The van der Waals surface area contributed by atoms with Crippen molar-refractivity contribution in [1.82, 2.24) is 9.62 Å². The molecule has 6 heteroatoms. The molecule has 1 aromatic heterocycles. The van der Waals surface area contributed by atoms with Gasteiger partial charge in [0, 0.05) is 20.1 Å². The molecule has 0 aliphatic heterocycles. The zero-order valence-corrected chi connectivity index (χ0v) is 13.9. The molecular weight excluding hydrogens is 304 g/mol. The SMILES string of the molecule is CCNCc1ccccc1S(=O)(=O)N(C)Cc1ccsc1. The highest BCUT2D eigenvalue weighted by Gasteiger charge is 2.23. The number of rotatable bonds is 7. The van der Waals surface area contributed by atoms with E-state index in [1.807, 2.05) is 35.9 Å². The Balaban J connectivity index is 2.26. The first-order valence-electron chi connectivity index (χ1n) is 6.81. The minimum absolute atomic E-state index is 0.378. The Morgan fingerprint density at radius 2 is 2.00 bits per heavy atom. The average Bonchev–Trinajstić information content (AvgIpc) is 2.98. The van der Waals surface area contributed by atoms with Crippen LogP contribution in [-0.4, -0.2) is 26.3 Å². The summed E-state index contributed by atoms with van der Waals surface area (Å²) < 4.78 is 26.9. The molecule has 0 spiro atoms. The second kappa shape index (κ2) is 7.17. The quantitative estimate of drug-likeness (QED) is 0.852. The van der Waals surface area contributed by atoms with E-state index in [1.54, 1.807) is 30.5 Å². The van der Waals surface area contributed by atoms with Gasteiger partial charge in [-0.1, -0.05) is 25.1 Å². The molecule has 0 saturated heterocycles. The van der Waals surface area contributed by atoms with Gasteiger partial charge in [0.25, 0.3) is 0 Å². The Morgan fingerprint density at radius 3 is 2.67 bits per heavy atom. The highest BCUT2D eigenvalue weighted by Crippen LogP contribution is 2.21. The highest BCUT2D eigenvalue weighted by molar-refractivity contribution is 7.89. The molecule has 0 aliphatic rings. The number of hydrogen-bond acceptors (Lipinski definition) is 4. The number of nitrogens with zero attached hydrogens (tertiary/aromatic N) is 1. The van der Waals surface area contributed by atoms with Crippen molar-refractivity contribution in [2.45, 2.75) is 24.9 Å². The Bertz CT molecular complexity index is 667. The number of thiophene rings is 1. The van der Waals surface area contributed by atoms with Crippen LogP contribution in [0.4, 0.5) is 0 Å². The molecule has 21 heavy (non-hydrogen) atoms. The maximum atomic E-state index is 12.7. The van der Waals surface area contributed by atoms with Gasteiger partial charge in [-0.05, 0) is 40.6 Å². The molecule has 0 radical (unpaired) electrons. The van der Waals surface area contributed by atoms with Gasteiger partial charge in [0.2, 0.25) is 10.0 Å². The lowest BCUT2D eigenvalue weighted by Gasteiger charge is -2.19. The van der Waals surface area contributed by atoms with Crippen LogP contribution in [0.3, 0.4) is 0 Å². The summed E-state index contributed by atoms with van der Waals surface area (Å²) in [7, 11) is -1.86. The predicted octanol–water partition coefficient (Wildman–Crippen LogP) is 2.68. The van der Waals surface area contributed by atoms with Gasteiger partial charge in [0.15, 0.2) is 0 Å². The highest BCUT2D eigenvalue weighted by atomic mass is 32.2. The summed E-state index contributed by atoms with van der Waals surface area (Å²) in [6.45, 7) is 3.75. The second-order valence-corrected chi connectivity index (χ2v) is 7.57. The molecule has 0 unspecified atom stereocenters. The molecule has 4 nitrogen and oxygen atoms in total. The van der Waals surface area contributed by atoms with Gasteiger partial charge in [-0.2, -0.15) is 15.6 Å². The molecule has 0 fully saturated rings. The van der Waals surface area contributed by atoms with Crippen LogP contribution in [0.2, 0.25) is 0 Å². The lowest BCUT2D eigenvalue weighted by Crippen LogP contribution is -2.28. The van der Waals surface area contributed by atoms with E-state index >= 15 is 0 Å². The summed E-state index contributed by atoms with van der Waals surface area (Å²) in [6.07, 6.45) is 0. The molecule has 0 bridgehead atoms. The summed E-state index contributed by atoms with van der Waals surface area (Å²) >= 11 is 1.57. The van der Waals surface area contributed by atoms with Crippen LogP contribution in [-0.2, 0) is 23.1 Å². The van der Waals surface area contributed by atoms with E-state index in [4.69, 9.17) is 0 Å². The zero-order valence-electron chi connectivity index (χ0n) is 12.2. The van der Waals surface area contributed by atoms with Crippen molar-refractivity contribution in [3.8, 4) is 0 Å². The van der Waals surface area contributed by atoms with Crippen LogP contribution in [0.5, 0.6) is 0 Å². The molecular formula is C15H20N2O2S2. The van der Waals surface area contributed by atoms with Crippen molar-refractivity contribution in [2.75, 3.05) is 13.6 Å². The molecule has 114 valence electrons. The number of benzene rings is 1. The Morgan fingerprint density at radius 1 is 1.24 bits per heavy atom. The Kier molecular flexibility index (Phi) is 5.52. The Labute approximate surface area is 130 Å². The third kappa shape index (κ3) is 3.91. The fraction of sp³-hybridized carbons (Fsp3) is 0.333. The van der Waals surface area contributed by atoms with E-state index in [0.717, 1.165) is 17.7 Å². The molecule has 1 heterocycles. The second-order valence-electron chi connectivity index (χ2n) is 4.78. The largest absolute Gasteiger partial charge is 0.313 e. The van der Waals surface area contributed by atoms with E-state index in [9.17, 15) is 8.42 Å². The Hall–Kier alpha value is -1.21. The summed E-state index contributed by atoms with van der Waals surface area (Å²) in [5.74, 6) is 0. The van der Waals surface area contributed by atoms with E-state index in [1.165, 1.54) is 4.31 Å².